The van der Waals surface area contributed by atoms with E-state index in [1.807, 2.05) is 65.1 Å². The second-order valence-corrected chi connectivity index (χ2v) is 26.7. The Hall–Kier alpha value is -7.64. The Morgan fingerprint density at radius 1 is 0.785 bits per heavy atom. The lowest BCUT2D eigenvalue weighted by molar-refractivity contribution is -0.149. The largest absolute Gasteiger partial charge is 0.455 e. The summed E-state index contributed by atoms with van der Waals surface area (Å²) in [6.07, 6.45) is 4.82. The fourth-order valence-corrected chi connectivity index (χ4v) is 12.8. The van der Waals surface area contributed by atoms with E-state index in [-0.39, 0.29) is 111 Å². The van der Waals surface area contributed by atoms with Crippen LogP contribution in [0.3, 0.4) is 0 Å². The number of piperidine rings is 2. The number of nitrogens with zero attached hydrogens (tertiary/aromatic N) is 4. The second-order valence-electron chi connectivity index (χ2n) is 25.8. The number of carbonyl (C=O) groups is 11. The van der Waals surface area contributed by atoms with Crippen molar-refractivity contribution in [3.05, 3.63) is 81.8 Å². The van der Waals surface area contributed by atoms with Crippen LogP contribution in [0.2, 0.25) is 0 Å². The molecule has 2 aliphatic heterocycles. The molecule has 2 saturated heterocycles. The molecule has 24 nitrogen and oxygen atoms in total. The number of ether oxygens (including phenoxy) is 1. The van der Waals surface area contributed by atoms with Gasteiger partial charge in [0.05, 0.1) is 12.6 Å². The Morgan fingerprint density at radius 2 is 1.47 bits per heavy atom. The summed E-state index contributed by atoms with van der Waals surface area (Å²) in [5.74, 6) is -5.18. The number of likely N-dealkylation sites (N-methyl/N-ethyl adjacent to an activating group) is 1. The molecule has 3 aromatic rings. The number of ketones is 2. The van der Waals surface area contributed by atoms with Crippen molar-refractivity contribution in [2.45, 2.75) is 195 Å². The first-order valence-electron chi connectivity index (χ1n) is 32.9. The third-order valence-electron chi connectivity index (χ3n) is 17.9. The zero-order chi connectivity index (χ0) is 68.5. The van der Waals surface area contributed by atoms with Gasteiger partial charge in [-0.2, -0.15) is 0 Å². The Labute approximate surface area is 552 Å². The number of hydroxylamine groups is 1. The monoisotopic (exact) mass is 1310 g/mol. The van der Waals surface area contributed by atoms with Crippen LogP contribution in [0.25, 0.3) is 0 Å². The molecule has 2 aliphatic rings. The summed E-state index contributed by atoms with van der Waals surface area (Å²) in [7, 11) is 3.71. The molecule has 5 rings (SSSR count). The first-order chi connectivity index (χ1) is 44.1. The average molecular weight is 1310 g/mol. The number of anilines is 1. The molecule has 512 valence electrons. The minimum absolute atomic E-state index is 0.0522. The van der Waals surface area contributed by atoms with Crippen LogP contribution in [-0.4, -0.2) is 155 Å². The Kier molecular flexibility index (Phi) is 31.0. The van der Waals surface area contributed by atoms with E-state index < -0.39 is 89.6 Å². The molecule has 8 N–H and O–H groups in total. The molecule has 0 aliphatic carbocycles. The minimum atomic E-state index is -1.11. The minimum Gasteiger partial charge on any atom is -0.455 e. The Balaban J connectivity index is 1.17. The van der Waals surface area contributed by atoms with E-state index in [0.717, 1.165) is 42.7 Å². The SMILES string of the molecule is CC[C@H](C)[C@H](CC(=O)[C@H]1CCCCN1C)C(=O)N(C)[C@H](C[C@@H](OC(C)=O)c1nc(C(=O)N[C@@H](Cc2ccccc2)C[C@H](C)C(=O)NOCc2ccc(NC(=O)[C@H](CCCNC(N)=O)NC(=O)[C@@H](NC(=O)CCC(=O)N3CCC(C(C)=O)CC3)C(C)C)cc2)cs1)C(C)C. The maximum atomic E-state index is 14.5. The first-order valence-corrected chi connectivity index (χ1v) is 33.7. The van der Waals surface area contributed by atoms with Crippen molar-refractivity contribution in [3.63, 3.8) is 0 Å². The summed E-state index contributed by atoms with van der Waals surface area (Å²) in [6, 6.07) is 12.0. The zero-order valence-electron chi connectivity index (χ0n) is 56.2. The van der Waals surface area contributed by atoms with Gasteiger partial charge < -0.3 is 46.9 Å². The normalized spacial score (nSPS) is 17.1. The topological polar surface area (TPSA) is 327 Å². The van der Waals surface area contributed by atoms with Crippen LogP contribution < -0.4 is 37.8 Å². The number of hydrogen-bond donors (Lipinski definition) is 7. The third-order valence-corrected chi connectivity index (χ3v) is 18.8. The summed E-state index contributed by atoms with van der Waals surface area (Å²) >= 11 is 1.16. The van der Waals surface area contributed by atoms with Gasteiger partial charge in [-0.15, -0.1) is 11.3 Å². The highest BCUT2D eigenvalue weighted by Crippen LogP contribution is 2.33. The van der Waals surface area contributed by atoms with E-state index in [4.69, 9.17) is 20.3 Å². The highest BCUT2D eigenvalue weighted by molar-refractivity contribution is 7.09. The van der Waals surface area contributed by atoms with E-state index in [1.165, 1.54) is 6.92 Å². The second kappa shape index (κ2) is 37.9. The van der Waals surface area contributed by atoms with E-state index in [0.29, 0.717) is 55.0 Å². The number of rotatable bonds is 36. The van der Waals surface area contributed by atoms with Gasteiger partial charge in [-0.25, -0.2) is 15.3 Å². The predicted molar refractivity (Wildman–Crippen MR) is 353 cm³/mol. The van der Waals surface area contributed by atoms with Crippen LogP contribution >= 0.6 is 11.3 Å². The first kappa shape index (κ1) is 76.1. The summed E-state index contributed by atoms with van der Waals surface area (Å²) in [5, 5.41) is 15.8. The summed E-state index contributed by atoms with van der Waals surface area (Å²) < 4.78 is 5.89. The number of carbonyl (C=O) groups excluding carboxylic acids is 11. The van der Waals surface area contributed by atoms with Gasteiger partial charge in [0.2, 0.25) is 35.4 Å². The Bertz CT molecular complexity index is 2990. The maximum Gasteiger partial charge on any atom is 0.312 e. The van der Waals surface area contributed by atoms with Gasteiger partial charge in [-0.1, -0.05) is 104 Å². The van der Waals surface area contributed by atoms with Gasteiger partial charge in [0.25, 0.3) is 5.91 Å². The number of nitrogens with two attached hydrogens (primary N) is 1. The van der Waals surface area contributed by atoms with Gasteiger partial charge in [0, 0.05) is 100 Å². The van der Waals surface area contributed by atoms with Crippen LogP contribution in [0.5, 0.6) is 0 Å². The van der Waals surface area contributed by atoms with Gasteiger partial charge in [-0.3, -0.25) is 57.7 Å². The van der Waals surface area contributed by atoms with Crippen LogP contribution in [-0.2, 0) is 65.8 Å². The molecule has 25 heteroatoms. The number of Topliss-reactive ketones (excluding diaryl/α,β-unsaturated/α-hetero) is 2. The van der Waals surface area contributed by atoms with E-state index >= 15 is 0 Å². The Morgan fingerprint density at radius 3 is 2.09 bits per heavy atom. The van der Waals surface area contributed by atoms with Crippen LogP contribution in [0.15, 0.2) is 60.0 Å². The number of aromatic nitrogens is 1. The van der Waals surface area contributed by atoms with Crippen molar-refractivity contribution < 1.29 is 62.3 Å². The number of likely N-dealkylation sites (tertiary alicyclic amines) is 2. The highest BCUT2D eigenvalue weighted by atomic mass is 32.1. The van der Waals surface area contributed by atoms with Crippen molar-refractivity contribution >= 4 is 81.9 Å². The molecule has 93 heavy (non-hydrogen) atoms. The van der Waals surface area contributed by atoms with Crippen molar-refractivity contribution in [2.24, 2.45) is 41.2 Å². The fourth-order valence-electron chi connectivity index (χ4n) is 11.9. The number of esters is 1. The molecule has 2 fully saturated rings. The maximum absolute atomic E-state index is 14.5. The number of primary amides is 1. The number of benzene rings is 2. The van der Waals surface area contributed by atoms with Crippen LogP contribution in [0.4, 0.5) is 10.5 Å². The number of amides is 9. The molecular formula is C68H101N11O13S. The van der Waals surface area contributed by atoms with Crippen molar-refractivity contribution in [1.29, 1.82) is 0 Å². The smallest absolute Gasteiger partial charge is 0.312 e. The molecule has 9 atom stereocenters. The summed E-state index contributed by atoms with van der Waals surface area (Å²) in [4.78, 5) is 161. The number of hydrogen-bond acceptors (Lipinski definition) is 16. The molecule has 0 bridgehead atoms. The summed E-state index contributed by atoms with van der Waals surface area (Å²) in [5.41, 5.74) is 9.78. The van der Waals surface area contributed by atoms with Crippen LogP contribution in [0.1, 0.15) is 179 Å². The molecule has 0 radical (unpaired) electrons. The standard InChI is InChI=1S/C68H101N11O13S/c1-12-43(6)52(37-57(82)55-22-16-17-32-77(55)10)67(89)78(11)56(41(2)3)38-58(92-46(9)81)66-74-54(40-93-66)64(87)72-51(36-47-19-14-13-15-20-47)35-44(7)62(85)76-91-39-48-23-25-50(26-24-48)71-63(86)53(21-18-31-70-68(69)90)73-65(88)61(42(4)5)75-59(83)27-28-60(84)79-33-29-49(30-34-79)45(8)80/h13-15,19-20,23-26,40-44,49,51-53,55-56,58,61H,12,16-18,21-22,27-39H2,1-11H3,(H,71,86)(H,72,87)(H,73,88)(H,75,83)(H,76,85)(H3,69,70,90)/t43-,44-,51+,52-,53-,55+,56+,58+,61-/m0/s1. The zero-order valence-corrected chi connectivity index (χ0v) is 57.0. The molecular weight excluding hydrogens is 1210 g/mol. The highest BCUT2D eigenvalue weighted by Gasteiger charge is 2.38. The quantitative estimate of drug-likeness (QED) is 0.0176. The average Bonchev–Trinajstić information content (AvgIpc) is 2.41. The van der Waals surface area contributed by atoms with E-state index in [2.05, 4.69) is 37.0 Å². The molecule has 0 unspecified atom stereocenters. The van der Waals surface area contributed by atoms with Crippen molar-refractivity contribution in [1.82, 2.24) is 46.4 Å². The van der Waals surface area contributed by atoms with Gasteiger partial charge in [0.15, 0.2) is 11.9 Å². The molecule has 1 aromatic heterocycles. The predicted octanol–water partition coefficient (Wildman–Crippen LogP) is 6.96. The third kappa shape index (κ3) is 24.7. The van der Waals surface area contributed by atoms with Gasteiger partial charge in [-0.05, 0) is 113 Å². The fraction of sp³-hybridized carbons (Fsp3) is 0.618. The lowest BCUT2D eigenvalue weighted by Gasteiger charge is -2.37. The molecule has 2 aromatic carbocycles. The lowest BCUT2D eigenvalue weighted by atomic mass is 9.83. The molecule has 0 saturated carbocycles. The van der Waals surface area contributed by atoms with Crippen LogP contribution in [0, 0.1) is 35.5 Å². The van der Waals surface area contributed by atoms with Crippen molar-refractivity contribution in [3.8, 4) is 0 Å². The number of urea groups is 1. The van der Waals surface area contributed by atoms with E-state index in [9.17, 15) is 52.7 Å². The van der Waals surface area contributed by atoms with Gasteiger partial charge >= 0.3 is 12.0 Å². The van der Waals surface area contributed by atoms with Gasteiger partial charge in [0.1, 0.15) is 28.6 Å². The molecule has 3 heterocycles. The molecule has 0 spiro atoms. The molecule has 9 amide bonds. The number of nitrogens with one attached hydrogen (secondary N) is 6. The summed E-state index contributed by atoms with van der Waals surface area (Å²) in [6.45, 7) is 17.8. The lowest BCUT2D eigenvalue weighted by Crippen LogP contribution is -2.54. The van der Waals surface area contributed by atoms with E-state index in [1.54, 1.807) is 74.2 Å². The number of thiazole rings is 1. The van der Waals surface area contributed by atoms with Crippen molar-refractivity contribution in [2.75, 3.05) is 45.6 Å².